The highest BCUT2D eigenvalue weighted by atomic mass is 16.2. The molecule has 43 heavy (non-hydrogen) atoms. The Kier molecular flexibility index (Phi) is 12.5. The van der Waals surface area contributed by atoms with Crippen molar-refractivity contribution in [3.05, 3.63) is 0 Å². The van der Waals surface area contributed by atoms with E-state index in [1.54, 1.807) is 0 Å². The van der Waals surface area contributed by atoms with Crippen LogP contribution in [0.2, 0.25) is 0 Å². The molecule has 5 atom stereocenters. The maximum Gasteiger partial charge on any atom is 0.245 e. The van der Waals surface area contributed by atoms with Crippen LogP contribution in [-0.4, -0.2) is 132 Å². The Hall–Kier alpha value is -2.20. The van der Waals surface area contributed by atoms with Gasteiger partial charge in [-0.25, -0.2) is 0 Å². The quantitative estimate of drug-likeness (QED) is 0.390. The lowest BCUT2D eigenvalue weighted by Crippen LogP contribution is -2.61. The van der Waals surface area contributed by atoms with Gasteiger partial charge in [0, 0.05) is 39.3 Å². The Morgan fingerprint density at radius 1 is 0.860 bits per heavy atom. The summed E-state index contributed by atoms with van der Waals surface area (Å²) in [5.41, 5.74) is -0.468. The maximum atomic E-state index is 14.1. The van der Waals surface area contributed by atoms with Crippen molar-refractivity contribution in [1.82, 2.24) is 29.8 Å². The van der Waals surface area contributed by atoms with Gasteiger partial charge in [-0.2, -0.15) is 0 Å². The summed E-state index contributed by atoms with van der Waals surface area (Å²) in [4.78, 5) is 64.5. The molecule has 0 spiro atoms. The molecule has 0 saturated carbocycles. The summed E-state index contributed by atoms with van der Waals surface area (Å²) in [6.07, 6.45) is 6.15. The van der Waals surface area contributed by atoms with E-state index in [9.17, 15) is 19.2 Å². The minimum absolute atomic E-state index is 0.0495. The van der Waals surface area contributed by atoms with E-state index in [4.69, 9.17) is 0 Å². The molecule has 1 unspecified atom stereocenters. The number of likely N-dealkylation sites (N-methyl/N-ethyl adjacent to an activating group) is 3. The van der Waals surface area contributed by atoms with Crippen LogP contribution >= 0.6 is 0 Å². The number of likely N-dealkylation sites (tertiary alicyclic amines) is 3. The number of piperidine rings is 1. The van der Waals surface area contributed by atoms with Crippen molar-refractivity contribution in [2.45, 2.75) is 124 Å². The van der Waals surface area contributed by atoms with Crippen LogP contribution in [0.1, 0.15) is 93.4 Å². The Morgan fingerprint density at radius 2 is 1.47 bits per heavy atom. The van der Waals surface area contributed by atoms with Crippen LogP contribution in [-0.2, 0) is 19.2 Å². The molecular formula is C33H60N6O4. The Labute approximate surface area is 260 Å². The van der Waals surface area contributed by atoms with Gasteiger partial charge in [-0.3, -0.25) is 29.0 Å². The van der Waals surface area contributed by atoms with Crippen LogP contribution in [0.25, 0.3) is 0 Å². The molecular weight excluding hydrogens is 544 g/mol. The first-order valence-corrected chi connectivity index (χ1v) is 16.8. The van der Waals surface area contributed by atoms with Crippen molar-refractivity contribution in [2.75, 3.05) is 53.4 Å². The fourth-order valence-corrected chi connectivity index (χ4v) is 7.23. The highest BCUT2D eigenvalue weighted by Gasteiger charge is 2.44. The molecule has 3 rings (SSSR count). The molecule has 0 radical (unpaired) electrons. The molecule has 1 N–H and O–H groups in total. The van der Waals surface area contributed by atoms with E-state index in [0.29, 0.717) is 26.2 Å². The number of amides is 4. The summed E-state index contributed by atoms with van der Waals surface area (Å²) in [6, 6.07) is -1.66. The van der Waals surface area contributed by atoms with E-state index in [1.807, 2.05) is 63.4 Å². The fraction of sp³-hybridized carbons (Fsp3) is 0.879. The van der Waals surface area contributed by atoms with Crippen LogP contribution in [0.3, 0.4) is 0 Å². The van der Waals surface area contributed by atoms with E-state index in [1.165, 1.54) is 0 Å². The van der Waals surface area contributed by atoms with Crippen LogP contribution in [0, 0.1) is 11.3 Å². The van der Waals surface area contributed by atoms with Crippen molar-refractivity contribution < 1.29 is 19.2 Å². The number of carbonyl (C=O) groups is 4. The van der Waals surface area contributed by atoms with Crippen molar-refractivity contribution >= 4 is 23.6 Å². The van der Waals surface area contributed by atoms with Crippen LogP contribution in [0.4, 0.5) is 0 Å². The molecule has 3 aliphatic rings. The second-order valence-corrected chi connectivity index (χ2v) is 14.4. The zero-order chi connectivity index (χ0) is 32.1. The van der Waals surface area contributed by atoms with Crippen molar-refractivity contribution in [1.29, 1.82) is 0 Å². The largest absolute Gasteiger partial charge is 0.342 e. The lowest BCUT2D eigenvalue weighted by molar-refractivity contribution is -0.147. The molecule has 0 aromatic heterocycles. The summed E-state index contributed by atoms with van der Waals surface area (Å²) < 4.78 is 0. The van der Waals surface area contributed by atoms with Crippen LogP contribution in [0.15, 0.2) is 0 Å². The van der Waals surface area contributed by atoms with Gasteiger partial charge in [0.2, 0.25) is 23.6 Å². The van der Waals surface area contributed by atoms with Gasteiger partial charge in [0.15, 0.2) is 0 Å². The molecule has 3 aliphatic heterocycles. The predicted molar refractivity (Wildman–Crippen MR) is 170 cm³/mol. The molecule has 0 bridgehead atoms. The number of nitrogens with zero attached hydrogens (tertiary/aromatic N) is 5. The molecule has 3 fully saturated rings. The van der Waals surface area contributed by atoms with Gasteiger partial charge in [0.1, 0.15) is 12.1 Å². The minimum Gasteiger partial charge on any atom is -0.342 e. The highest BCUT2D eigenvalue weighted by molar-refractivity contribution is 5.91. The van der Waals surface area contributed by atoms with Gasteiger partial charge >= 0.3 is 0 Å². The minimum atomic E-state index is -0.658. The summed E-state index contributed by atoms with van der Waals surface area (Å²) in [5, 5.41) is 3.14. The molecule has 10 heteroatoms. The zero-order valence-corrected chi connectivity index (χ0v) is 28.5. The van der Waals surface area contributed by atoms with Gasteiger partial charge in [-0.15, -0.1) is 0 Å². The number of nitrogens with one attached hydrogen (secondary N) is 1. The number of carbonyl (C=O) groups excluding carboxylic acids is 4. The topological polar surface area (TPSA) is 96.5 Å². The normalized spacial score (nSPS) is 25.1. The summed E-state index contributed by atoms with van der Waals surface area (Å²) in [6.45, 7) is 18.4. The zero-order valence-electron chi connectivity index (χ0n) is 28.5. The molecule has 3 heterocycles. The Balaban J connectivity index is 1.74. The molecule has 4 amide bonds. The third-order valence-corrected chi connectivity index (χ3v) is 10.1. The SMILES string of the molecule is CCN(CC)C(=O)[C@@H]1CCCN1C(=O)[C@@H]1CCCN1C[C@H](C(C)C)N(C)C(=O)[C@@H](NC(=O)C1CCCCN1C)C(C)(C)C. The van der Waals surface area contributed by atoms with E-state index < -0.39 is 11.5 Å². The van der Waals surface area contributed by atoms with Crippen molar-refractivity contribution in [2.24, 2.45) is 11.3 Å². The molecule has 0 aliphatic carbocycles. The number of hydrogen-bond donors (Lipinski definition) is 1. The van der Waals surface area contributed by atoms with Gasteiger partial charge in [0.05, 0.1) is 12.1 Å². The van der Waals surface area contributed by atoms with Crippen molar-refractivity contribution in [3.8, 4) is 0 Å². The summed E-state index contributed by atoms with van der Waals surface area (Å²) in [5.74, 6) is 0.0860. The summed E-state index contributed by atoms with van der Waals surface area (Å²) >= 11 is 0. The van der Waals surface area contributed by atoms with E-state index >= 15 is 0 Å². The van der Waals surface area contributed by atoms with E-state index in [0.717, 1.165) is 58.0 Å². The van der Waals surface area contributed by atoms with E-state index in [-0.39, 0.29) is 53.7 Å². The van der Waals surface area contributed by atoms with E-state index in [2.05, 4.69) is 29.0 Å². The number of hydrogen-bond acceptors (Lipinski definition) is 6. The average molecular weight is 605 g/mol. The molecule has 246 valence electrons. The third kappa shape index (κ3) is 8.29. The van der Waals surface area contributed by atoms with Gasteiger partial charge in [-0.1, -0.05) is 41.0 Å². The average Bonchev–Trinajstić information content (AvgIpc) is 3.63. The monoisotopic (exact) mass is 604 g/mol. The first kappa shape index (κ1) is 35.3. The third-order valence-electron chi connectivity index (χ3n) is 10.1. The van der Waals surface area contributed by atoms with Crippen LogP contribution < -0.4 is 5.32 Å². The van der Waals surface area contributed by atoms with Gasteiger partial charge < -0.3 is 20.0 Å². The standard InChI is InChI=1S/C33H60N6O4/c1-10-37(11-2)30(41)26-18-15-21-39(26)31(42)25-17-14-20-38(25)22-27(23(3)4)36(9)32(43)28(33(5,6)7)34-29(40)24-16-12-13-19-35(24)8/h23-28H,10-22H2,1-9H3,(H,34,40)/t24?,25-,26-,27+,28+/m0/s1. The van der Waals surface area contributed by atoms with Crippen LogP contribution in [0.5, 0.6) is 0 Å². The van der Waals surface area contributed by atoms with Gasteiger partial charge in [-0.05, 0) is 83.8 Å². The fourth-order valence-electron chi connectivity index (χ4n) is 7.23. The lowest BCUT2D eigenvalue weighted by Gasteiger charge is -2.41. The molecule has 0 aromatic carbocycles. The van der Waals surface area contributed by atoms with Gasteiger partial charge in [0.25, 0.3) is 0 Å². The predicted octanol–water partition coefficient (Wildman–Crippen LogP) is 2.81. The molecule has 0 aromatic rings. The van der Waals surface area contributed by atoms with Crippen molar-refractivity contribution in [3.63, 3.8) is 0 Å². The highest BCUT2D eigenvalue weighted by Crippen LogP contribution is 2.29. The Bertz CT molecular complexity index is 977. The first-order chi connectivity index (χ1) is 20.2. The molecule has 10 nitrogen and oxygen atoms in total. The lowest BCUT2D eigenvalue weighted by atomic mass is 9.84. The molecule has 3 saturated heterocycles. The second kappa shape index (κ2) is 15.2. The Morgan fingerprint density at radius 3 is 2.05 bits per heavy atom. The maximum absolute atomic E-state index is 14.1. The summed E-state index contributed by atoms with van der Waals surface area (Å²) in [7, 11) is 3.83. The number of rotatable bonds is 11. The second-order valence-electron chi connectivity index (χ2n) is 14.4. The first-order valence-electron chi connectivity index (χ1n) is 16.8. The smallest absolute Gasteiger partial charge is 0.245 e.